The average molecular weight is 419 g/mol. The van der Waals surface area contributed by atoms with Crippen LogP contribution in [0.4, 0.5) is 5.69 Å². The van der Waals surface area contributed by atoms with Gasteiger partial charge < -0.3 is 14.2 Å². The molecule has 0 bridgehead atoms. The summed E-state index contributed by atoms with van der Waals surface area (Å²) in [6.07, 6.45) is 1.63. The number of aryl methyl sites for hydroxylation is 1. The van der Waals surface area contributed by atoms with Gasteiger partial charge in [-0.1, -0.05) is 6.07 Å². The zero-order chi connectivity index (χ0) is 20.9. The van der Waals surface area contributed by atoms with Crippen molar-refractivity contribution in [1.29, 1.82) is 0 Å². The van der Waals surface area contributed by atoms with Crippen molar-refractivity contribution in [3.63, 3.8) is 0 Å². The third-order valence-corrected chi connectivity index (χ3v) is 6.47. The highest BCUT2D eigenvalue weighted by molar-refractivity contribution is 7.89. The summed E-state index contributed by atoms with van der Waals surface area (Å²) < 4.78 is 43.9. The first kappa shape index (κ1) is 21.3. The predicted molar refractivity (Wildman–Crippen MR) is 112 cm³/mol. The maximum Gasteiger partial charge on any atom is 0.245 e. The maximum atomic E-state index is 13.1. The Bertz CT molecular complexity index is 983. The van der Waals surface area contributed by atoms with E-state index in [1.165, 1.54) is 4.31 Å². The molecule has 1 heterocycles. The summed E-state index contributed by atoms with van der Waals surface area (Å²) in [6.45, 7) is 5.79. The molecular formula is C21H26N2O5S. The van der Waals surface area contributed by atoms with Gasteiger partial charge in [0.05, 0.1) is 32.6 Å². The topological polar surface area (TPSA) is 77.4 Å². The first-order valence-electron chi connectivity index (χ1n) is 9.49. The van der Waals surface area contributed by atoms with Crippen LogP contribution in [0.1, 0.15) is 18.1 Å². The van der Waals surface area contributed by atoms with E-state index >= 15 is 0 Å². The minimum Gasteiger partial charge on any atom is -0.493 e. The van der Waals surface area contributed by atoms with E-state index < -0.39 is 10.0 Å². The molecular weight excluding hydrogens is 392 g/mol. The van der Waals surface area contributed by atoms with Crippen molar-refractivity contribution < 1.29 is 22.6 Å². The van der Waals surface area contributed by atoms with Gasteiger partial charge in [0.1, 0.15) is 4.90 Å². The van der Waals surface area contributed by atoms with Crippen LogP contribution in [0.5, 0.6) is 11.5 Å². The van der Waals surface area contributed by atoms with Gasteiger partial charge in [0.15, 0.2) is 11.5 Å². The SMILES string of the molecule is CCOc1ccc(C=Nc2ccc(C)cc2S(=O)(=O)N2CCOCC2)cc1OC. The fourth-order valence-corrected chi connectivity index (χ4v) is 4.67. The molecule has 0 N–H and O–H groups in total. The van der Waals surface area contributed by atoms with Crippen molar-refractivity contribution in [3.05, 3.63) is 47.5 Å². The van der Waals surface area contributed by atoms with Crippen molar-refractivity contribution in [1.82, 2.24) is 4.31 Å². The van der Waals surface area contributed by atoms with Gasteiger partial charge in [-0.2, -0.15) is 4.31 Å². The van der Waals surface area contributed by atoms with Crippen LogP contribution in [0.15, 0.2) is 46.3 Å². The minimum absolute atomic E-state index is 0.202. The lowest BCUT2D eigenvalue weighted by Gasteiger charge is -2.26. The number of benzene rings is 2. The minimum atomic E-state index is -3.65. The number of aliphatic imine (C=N–C) groups is 1. The first-order chi connectivity index (χ1) is 14.0. The van der Waals surface area contributed by atoms with Crippen LogP contribution in [0.25, 0.3) is 0 Å². The molecule has 1 fully saturated rings. The normalized spacial score (nSPS) is 15.6. The van der Waals surface area contributed by atoms with E-state index in [1.807, 2.05) is 32.0 Å². The van der Waals surface area contributed by atoms with E-state index in [1.54, 1.807) is 31.5 Å². The number of hydrogen-bond acceptors (Lipinski definition) is 6. The number of methoxy groups -OCH3 is 1. The summed E-state index contributed by atoms with van der Waals surface area (Å²) in [5, 5.41) is 0. The Morgan fingerprint density at radius 2 is 1.90 bits per heavy atom. The van der Waals surface area contributed by atoms with E-state index in [0.29, 0.717) is 50.1 Å². The molecule has 2 aromatic carbocycles. The van der Waals surface area contributed by atoms with Crippen LogP contribution in [-0.4, -0.2) is 59.0 Å². The Kier molecular flexibility index (Phi) is 6.89. The standard InChI is InChI=1S/C21H26N2O5S/c1-4-28-19-8-6-17(14-20(19)26-3)15-22-18-7-5-16(2)13-21(18)29(24,25)23-9-11-27-12-10-23/h5-8,13-15H,4,9-12H2,1-3H3. The van der Waals surface area contributed by atoms with Crippen LogP contribution >= 0.6 is 0 Å². The summed E-state index contributed by atoms with van der Waals surface area (Å²) in [5.41, 5.74) is 2.04. The van der Waals surface area contributed by atoms with Gasteiger partial charge in [0, 0.05) is 19.3 Å². The molecule has 0 spiro atoms. The first-order valence-corrected chi connectivity index (χ1v) is 10.9. The summed E-state index contributed by atoms with van der Waals surface area (Å²) in [6, 6.07) is 10.7. The maximum absolute atomic E-state index is 13.1. The van der Waals surface area contributed by atoms with Crippen LogP contribution in [0.2, 0.25) is 0 Å². The van der Waals surface area contributed by atoms with Crippen LogP contribution in [-0.2, 0) is 14.8 Å². The van der Waals surface area contributed by atoms with Crippen molar-refractivity contribution in [2.75, 3.05) is 40.0 Å². The molecule has 1 aliphatic heterocycles. The van der Waals surface area contributed by atoms with E-state index in [4.69, 9.17) is 14.2 Å². The molecule has 1 aliphatic rings. The Hall–Kier alpha value is -2.42. The molecule has 3 rings (SSSR count). The highest BCUT2D eigenvalue weighted by Crippen LogP contribution is 2.30. The van der Waals surface area contributed by atoms with Crippen molar-refractivity contribution in [2.24, 2.45) is 4.99 Å². The summed E-state index contributed by atoms with van der Waals surface area (Å²) in [4.78, 5) is 4.67. The molecule has 29 heavy (non-hydrogen) atoms. The van der Waals surface area contributed by atoms with E-state index in [-0.39, 0.29) is 4.90 Å². The zero-order valence-corrected chi connectivity index (χ0v) is 17.7. The molecule has 0 unspecified atom stereocenters. The Balaban J connectivity index is 1.94. The summed E-state index contributed by atoms with van der Waals surface area (Å²) in [5.74, 6) is 1.25. The van der Waals surface area contributed by atoms with E-state index in [0.717, 1.165) is 11.1 Å². The van der Waals surface area contributed by atoms with E-state index in [2.05, 4.69) is 4.99 Å². The van der Waals surface area contributed by atoms with Crippen molar-refractivity contribution >= 4 is 21.9 Å². The zero-order valence-electron chi connectivity index (χ0n) is 16.9. The molecule has 8 heteroatoms. The van der Waals surface area contributed by atoms with Crippen LogP contribution in [0, 0.1) is 6.92 Å². The second-order valence-corrected chi connectivity index (χ2v) is 8.50. The van der Waals surface area contributed by atoms with Crippen molar-refractivity contribution in [2.45, 2.75) is 18.7 Å². The van der Waals surface area contributed by atoms with Gasteiger partial charge in [0.25, 0.3) is 0 Å². The molecule has 0 aliphatic carbocycles. The fourth-order valence-electron chi connectivity index (χ4n) is 3.04. The molecule has 0 amide bonds. The second kappa shape index (κ2) is 9.39. The number of ether oxygens (including phenoxy) is 3. The molecule has 0 atom stereocenters. The number of nitrogens with zero attached hydrogens (tertiary/aromatic N) is 2. The fraction of sp³-hybridized carbons (Fsp3) is 0.381. The van der Waals surface area contributed by atoms with Gasteiger partial charge in [0.2, 0.25) is 10.0 Å². The van der Waals surface area contributed by atoms with Crippen LogP contribution in [0.3, 0.4) is 0 Å². The molecule has 0 saturated carbocycles. The molecule has 1 saturated heterocycles. The Morgan fingerprint density at radius 3 is 2.59 bits per heavy atom. The predicted octanol–water partition coefficient (Wildman–Crippen LogP) is 3.17. The largest absolute Gasteiger partial charge is 0.493 e. The quantitative estimate of drug-likeness (QED) is 0.646. The molecule has 156 valence electrons. The average Bonchev–Trinajstić information content (AvgIpc) is 2.74. The van der Waals surface area contributed by atoms with Gasteiger partial charge in [-0.25, -0.2) is 8.42 Å². The smallest absolute Gasteiger partial charge is 0.245 e. The third kappa shape index (κ3) is 4.95. The number of morpholine rings is 1. The highest BCUT2D eigenvalue weighted by atomic mass is 32.2. The molecule has 7 nitrogen and oxygen atoms in total. The summed E-state index contributed by atoms with van der Waals surface area (Å²) in [7, 11) is -2.08. The molecule has 0 radical (unpaired) electrons. The lowest BCUT2D eigenvalue weighted by Crippen LogP contribution is -2.40. The molecule has 0 aromatic heterocycles. The lowest BCUT2D eigenvalue weighted by molar-refractivity contribution is 0.0730. The van der Waals surface area contributed by atoms with Gasteiger partial charge in [-0.15, -0.1) is 0 Å². The van der Waals surface area contributed by atoms with Gasteiger partial charge in [-0.05, 0) is 55.3 Å². The third-order valence-electron chi connectivity index (χ3n) is 4.54. The van der Waals surface area contributed by atoms with Gasteiger partial charge >= 0.3 is 0 Å². The van der Waals surface area contributed by atoms with E-state index in [9.17, 15) is 8.42 Å². The van der Waals surface area contributed by atoms with Gasteiger partial charge in [-0.3, -0.25) is 4.99 Å². The molecule has 2 aromatic rings. The van der Waals surface area contributed by atoms with Crippen LogP contribution < -0.4 is 9.47 Å². The Morgan fingerprint density at radius 1 is 1.14 bits per heavy atom. The number of hydrogen-bond donors (Lipinski definition) is 0. The highest BCUT2D eigenvalue weighted by Gasteiger charge is 2.28. The number of sulfonamides is 1. The Labute approximate surface area is 172 Å². The second-order valence-electron chi connectivity index (χ2n) is 6.59. The summed E-state index contributed by atoms with van der Waals surface area (Å²) >= 11 is 0. The van der Waals surface area contributed by atoms with Crippen molar-refractivity contribution in [3.8, 4) is 11.5 Å². The monoisotopic (exact) mass is 418 g/mol. The lowest BCUT2D eigenvalue weighted by atomic mass is 10.2. The number of rotatable bonds is 7.